The first-order valence-corrected chi connectivity index (χ1v) is 7.17. The van der Waals surface area contributed by atoms with Crippen molar-refractivity contribution in [3.63, 3.8) is 0 Å². The number of hydrogen-bond acceptors (Lipinski definition) is 1. The van der Waals surface area contributed by atoms with Gasteiger partial charge in [0.25, 0.3) is 0 Å². The van der Waals surface area contributed by atoms with Crippen molar-refractivity contribution in [2.24, 2.45) is 0 Å². The summed E-state index contributed by atoms with van der Waals surface area (Å²) in [4.78, 5) is 12.1. The van der Waals surface area contributed by atoms with Gasteiger partial charge < -0.3 is 5.32 Å². The predicted octanol–water partition coefficient (Wildman–Crippen LogP) is 4.58. The first kappa shape index (κ1) is 13.5. The summed E-state index contributed by atoms with van der Waals surface area (Å²) >= 11 is 12.2. The van der Waals surface area contributed by atoms with Crippen LogP contribution in [0.25, 0.3) is 0 Å². The molecule has 0 bridgehead atoms. The summed E-state index contributed by atoms with van der Waals surface area (Å²) < 4.78 is 0. The third-order valence-electron chi connectivity index (χ3n) is 3.79. The van der Waals surface area contributed by atoms with E-state index in [9.17, 15) is 4.79 Å². The van der Waals surface area contributed by atoms with Gasteiger partial charge >= 0.3 is 0 Å². The van der Waals surface area contributed by atoms with Crippen LogP contribution < -0.4 is 5.32 Å². The normalized spacial score (nSPS) is 16.9. The Bertz CT molecular complexity index is 697. The molecule has 20 heavy (non-hydrogen) atoms. The van der Waals surface area contributed by atoms with Crippen molar-refractivity contribution in [3.8, 4) is 0 Å². The number of halogens is 2. The lowest BCUT2D eigenvalue weighted by Gasteiger charge is -2.13. The third kappa shape index (κ3) is 2.19. The summed E-state index contributed by atoms with van der Waals surface area (Å²) in [6, 6.07) is 11.5. The lowest BCUT2D eigenvalue weighted by Crippen LogP contribution is -2.14. The summed E-state index contributed by atoms with van der Waals surface area (Å²) in [6.45, 7) is 1.93. The molecule has 0 fully saturated rings. The lowest BCUT2D eigenvalue weighted by molar-refractivity contribution is -0.117. The first-order chi connectivity index (χ1) is 9.58. The molecule has 1 amide bonds. The molecular formula is C16H13Cl2NO. The van der Waals surface area contributed by atoms with Gasteiger partial charge in [-0.25, -0.2) is 0 Å². The van der Waals surface area contributed by atoms with E-state index in [1.807, 2.05) is 37.3 Å². The largest absolute Gasteiger partial charge is 0.325 e. The Labute approximate surface area is 127 Å². The summed E-state index contributed by atoms with van der Waals surface area (Å²) in [5.41, 5.74) is 3.94. The Balaban J connectivity index is 1.96. The SMILES string of the molecule is Cc1c(CC2C(=O)Nc3ccccc32)ccc(Cl)c1Cl. The molecule has 0 spiro atoms. The Morgan fingerprint density at radius 1 is 1.15 bits per heavy atom. The summed E-state index contributed by atoms with van der Waals surface area (Å²) in [7, 11) is 0. The van der Waals surface area contributed by atoms with Gasteiger partial charge in [-0.2, -0.15) is 0 Å². The number of nitrogens with one attached hydrogen (secondary N) is 1. The molecule has 2 nitrogen and oxygen atoms in total. The van der Waals surface area contributed by atoms with Gasteiger partial charge in [-0.15, -0.1) is 0 Å². The molecule has 1 heterocycles. The fourth-order valence-electron chi connectivity index (χ4n) is 2.61. The van der Waals surface area contributed by atoms with Crippen molar-refractivity contribution in [1.29, 1.82) is 0 Å². The number of para-hydroxylation sites is 1. The maximum absolute atomic E-state index is 12.1. The Hall–Kier alpha value is -1.51. The second kappa shape index (κ2) is 5.12. The van der Waals surface area contributed by atoms with Gasteiger partial charge in [-0.3, -0.25) is 4.79 Å². The van der Waals surface area contributed by atoms with E-state index in [-0.39, 0.29) is 11.8 Å². The van der Waals surface area contributed by atoms with Crippen molar-refractivity contribution >= 4 is 34.8 Å². The van der Waals surface area contributed by atoms with E-state index >= 15 is 0 Å². The summed E-state index contributed by atoms with van der Waals surface area (Å²) in [5.74, 6) is -0.126. The van der Waals surface area contributed by atoms with Crippen LogP contribution in [0.3, 0.4) is 0 Å². The molecule has 1 unspecified atom stereocenters. The van der Waals surface area contributed by atoms with Crippen LogP contribution in [0.15, 0.2) is 36.4 Å². The smallest absolute Gasteiger partial charge is 0.232 e. The van der Waals surface area contributed by atoms with Gasteiger partial charge in [-0.1, -0.05) is 47.5 Å². The highest BCUT2D eigenvalue weighted by Gasteiger charge is 2.30. The molecule has 4 heteroatoms. The van der Waals surface area contributed by atoms with E-state index in [1.165, 1.54) is 0 Å². The quantitative estimate of drug-likeness (QED) is 0.864. The minimum absolute atomic E-state index is 0.0386. The van der Waals surface area contributed by atoms with Crippen LogP contribution in [0.1, 0.15) is 22.6 Å². The van der Waals surface area contributed by atoms with E-state index in [0.29, 0.717) is 16.5 Å². The topological polar surface area (TPSA) is 29.1 Å². The highest BCUT2D eigenvalue weighted by molar-refractivity contribution is 6.42. The van der Waals surface area contributed by atoms with E-state index in [2.05, 4.69) is 5.32 Å². The molecule has 0 radical (unpaired) electrons. The van der Waals surface area contributed by atoms with Gasteiger partial charge in [0.15, 0.2) is 0 Å². The van der Waals surface area contributed by atoms with E-state index in [1.54, 1.807) is 6.07 Å². The van der Waals surface area contributed by atoms with Gasteiger partial charge in [0.1, 0.15) is 0 Å². The number of anilines is 1. The first-order valence-electron chi connectivity index (χ1n) is 6.41. The van der Waals surface area contributed by atoms with Crippen LogP contribution >= 0.6 is 23.2 Å². The van der Waals surface area contributed by atoms with Gasteiger partial charge in [0.2, 0.25) is 5.91 Å². The molecule has 2 aromatic rings. The molecular weight excluding hydrogens is 293 g/mol. The molecule has 0 saturated heterocycles. The molecule has 1 aliphatic rings. The zero-order valence-electron chi connectivity index (χ0n) is 10.9. The average Bonchev–Trinajstić information content (AvgIpc) is 2.76. The highest BCUT2D eigenvalue weighted by Crippen LogP contribution is 2.36. The van der Waals surface area contributed by atoms with Crippen LogP contribution in [0, 0.1) is 6.92 Å². The number of benzene rings is 2. The molecule has 1 N–H and O–H groups in total. The molecule has 0 aromatic heterocycles. The van der Waals surface area contributed by atoms with Crippen LogP contribution in [0.4, 0.5) is 5.69 Å². The molecule has 1 aliphatic heterocycles. The number of fused-ring (bicyclic) bond motifs is 1. The number of carbonyl (C=O) groups excluding carboxylic acids is 1. The molecule has 102 valence electrons. The van der Waals surface area contributed by atoms with Crippen molar-refractivity contribution in [3.05, 3.63) is 63.1 Å². The zero-order valence-corrected chi connectivity index (χ0v) is 12.4. The summed E-state index contributed by atoms with van der Waals surface area (Å²) in [5, 5.41) is 4.03. The lowest BCUT2D eigenvalue weighted by atomic mass is 9.91. The fourth-order valence-corrected chi connectivity index (χ4v) is 3.00. The predicted molar refractivity (Wildman–Crippen MR) is 82.7 cm³/mol. The maximum atomic E-state index is 12.1. The maximum Gasteiger partial charge on any atom is 0.232 e. The van der Waals surface area contributed by atoms with Crippen LogP contribution in [-0.2, 0) is 11.2 Å². The van der Waals surface area contributed by atoms with Crippen molar-refractivity contribution in [2.75, 3.05) is 5.32 Å². The second-order valence-electron chi connectivity index (χ2n) is 4.98. The van der Waals surface area contributed by atoms with Crippen molar-refractivity contribution in [1.82, 2.24) is 0 Å². The highest BCUT2D eigenvalue weighted by atomic mass is 35.5. The zero-order chi connectivity index (χ0) is 14.3. The van der Waals surface area contributed by atoms with Crippen LogP contribution in [-0.4, -0.2) is 5.91 Å². The molecule has 2 aromatic carbocycles. The third-order valence-corrected chi connectivity index (χ3v) is 4.68. The number of amides is 1. The molecule has 0 saturated carbocycles. The second-order valence-corrected chi connectivity index (χ2v) is 5.76. The Kier molecular flexibility index (Phi) is 3.45. The van der Waals surface area contributed by atoms with Gasteiger partial charge in [0, 0.05) is 5.69 Å². The van der Waals surface area contributed by atoms with E-state index < -0.39 is 0 Å². The fraction of sp³-hybridized carbons (Fsp3) is 0.188. The minimum Gasteiger partial charge on any atom is -0.325 e. The number of rotatable bonds is 2. The average molecular weight is 306 g/mol. The number of hydrogen-bond donors (Lipinski definition) is 1. The van der Waals surface area contributed by atoms with Crippen LogP contribution in [0.5, 0.6) is 0 Å². The van der Waals surface area contributed by atoms with Crippen molar-refractivity contribution in [2.45, 2.75) is 19.3 Å². The molecule has 1 atom stereocenters. The monoisotopic (exact) mass is 305 g/mol. The van der Waals surface area contributed by atoms with E-state index in [4.69, 9.17) is 23.2 Å². The minimum atomic E-state index is -0.165. The van der Waals surface area contributed by atoms with Gasteiger partial charge in [-0.05, 0) is 42.2 Å². The van der Waals surface area contributed by atoms with Gasteiger partial charge in [0.05, 0.1) is 16.0 Å². The van der Waals surface area contributed by atoms with Crippen molar-refractivity contribution < 1.29 is 4.79 Å². The number of carbonyl (C=O) groups is 1. The standard InChI is InChI=1S/C16H13Cl2NO/c1-9-10(6-7-13(17)15(9)18)8-12-11-4-2-3-5-14(11)19-16(12)20/h2-7,12H,8H2,1H3,(H,19,20). The molecule has 3 rings (SSSR count). The Morgan fingerprint density at radius 2 is 1.90 bits per heavy atom. The van der Waals surface area contributed by atoms with Crippen LogP contribution in [0.2, 0.25) is 10.0 Å². The Morgan fingerprint density at radius 3 is 2.70 bits per heavy atom. The molecule has 0 aliphatic carbocycles. The van der Waals surface area contributed by atoms with E-state index in [0.717, 1.165) is 22.4 Å². The summed E-state index contributed by atoms with van der Waals surface area (Å²) in [6.07, 6.45) is 0.631.